The lowest BCUT2D eigenvalue weighted by Gasteiger charge is -2.39. The zero-order valence-electron chi connectivity index (χ0n) is 31.2. The van der Waals surface area contributed by atoms with Crippen molar-refractivity contribution in [2.75, 3.05) is 0 Å². The SMILES string of the molecule is c1ccc2c(c1)Oc1ccc(-c3cc(-n4c5ccccc5c5ccccc54)ccc3-n3c4ccccc4c4ccccc43)cc1C21c2cccnc2-c2ncccc21. The van der Waals surface area contributed by atoms with Crippen LogP contribution in [0.15, 0.2) is 194 Å². The van der Waals surface area contributed by atoms with Crippen LogP contribution in [-0.2, 0) is 5.41 Å². The molecule has 5 nitrogen and oxygen atoms in total. The molecule has 0 atom stereocenters. The van der Waals surface area contributed by atoms with Gasteiger partial charge in [0.25, 0.3) is 0 Å². The molecule has 2 aliphatic rings. The lowest BCUT2D eigenvalue weighted by Crippen LogP contribution is -2.32. The third-order valence-electron chi connectivity index (χ3n) is 12.5. The Bertz CT molecular complexity index is 3370. The third-order valence-corrected chi connectivity index (χ3v) is 12.5. The Morgan fingerprint density at radius 1 is 0.397 bits per heavy atom. The molecule has 0 saturated carbocycles. The van der Waals surface area contributed by atoms with Crippen LogP contribution in [0.5, 0.6) is 11.5 Å². The van der Waals surface area contributed by atoms with Gasteiger partial charge in [-0.3, -0.25) is 9.97 Å². The van der Waals surface area contributed by atoms with Crippen molar-refractivity contribution in [3.63, 3.8) is 0 Å². The van der Waals surface area contributed by atoms with Gasteiger partial charge in [0.05, 0.1) is 44.6 Å². The highest BCUT2D eigenvalue weighted by Crippen LogP contribution is 2.61. The van der Waals surface area contributed by atoms with Crippen LogP contribution in [-0.4, -0.2) is 19.1 Å². The van der Waals surface area contributed by atoms with Gasteiger partial charge in [-0.25, -0.2) is 0 Å². The molecule has 1 aliphatic heterocycles. The summed E-state index contributed by atoms with van der Waals surface area (Å²) < 4.78 is 11.7. The van der Waals surface area contributed by atoms with E-state index in [1.165, 1.54) is 32.6 Å². The van der Waals surface area contributed by atoms with Crippen molar-refractivity contribution < 1.29 is 4.74 Å². The average molecular weight is 741 g/mol. The lowest BCUT2D eigenvalue weighted by atomic mass is 9.66. The summed E-state index contributed by atoms with van der Waals surface area (Å²) in [5.74, 6) is 1.67. The summed E-state index contributed by atoms with van der Waals surface area (Å²) in [6.45, 7) is 0. The minimum Gasteiger partial charge on any atom is -0.457 e. The molecule has 0 saturated heterocycles. The van der Waals surface area contributed by atoms with E-state index in [1.54, 1.807) is 0 Å². The van der Waals surface area contributed by atoms with Crippen LogP contribution >= 0.6 is 0 Å². The van der Waals surface area contributed by atoms with E-state index in [0.29, 0.717) is 0 Å². The van der Waals surface area contributed by atoms with Crippen LogP contribution in [0, 0.1) is 0 Å². The maximum atomic E-state index is 6.83. The van der Waals surface area contributed by atoms with Crippen molar-refractivity contribution in [2.24, 2.45) is 0 Å². The van der Waals surface area contributed by atoms with Gasteiger partial charge in [0.15, 0.2) is 0 Å². The summed E-state index contributed by atoms with van der Waals surface area (Å²) in [5, 5.41) is 4.92. The van der Waals surface area contributed by atoms with Crippen molar-refractivity contribution >= 4 is 43.6 Å². The van der Waals surface area contributed by atoms with Gasteiger partial charge in [-0.15, -0.1) is 0 Å². The standard InChI is InChI=1S/C53H32N4O/c1-6-20-44-35(13-1)36-14-2-7-21-45(36)56(44)34-26-27-48(57-46-22-8-3-15-37(46)38-16-4-9-23-47(38)57)39(32-34)33-25-28-50-43(31-33)53(40-17-5-10-24-49(40)58-50)41-18-11-29-54-51(41)52-42(53)19-12-30-55-52/h1-32H. The summed E-state index contributed by atoms with van der Waals surface area (Å²) in [7, 11) is 0. The molecule has 13 rings (SSSR count). The quantitative estimate of drug-likeness (QED) is 0.181. The number of hydrogen-bond donors (Lipinski definition) is 0. The summed E-state index contributed by atoms with van der Waals surface area (Å²) in [6, 6.07) is 65.6. The molecule has 5 heterocycles. The van der Waals surface area contributed by atoms with Crippen LogP contribution in [0.4, 0.5) is 0 Å². The molecule has 0 amide bonds. The predicted molar refractivity (Wildman–Crippen MR) is 234 cm³/mol. The molecule has 5 heteroatoms. The molecule has 0 radical (unpaired) electrons. The highest BCUT2D eigenvalue weighted by atomic mass is 16.5. The van der Waals surface area contributed by atoms with E-state index < -0.39 is 5.41 Å². The first-order valence-corrected chi connectivity index (χ1v) is 19.7. The maximum absolute atomic E-state index is 6.83. The molecule has 11 aromatic rings. The average Bonchev–Trinajstić information content (AvgIpc) is 3.91. The highest BCUT2D eigenvalue weighted by molar-refractivity contribution is 6.11. The maximum Gasteiger partial charge on any atom is 0.132 e. The lowest BCUT2D eigenvalue weighted by molar-refractivity contribution is 0.436. The Kier molecular flexibility index (Phi) is 6.31. The summed E-state index contributed by atoms with van der Waals surface area (Å²) >= 11 is 0. The van der Waals surface area contributed by atoms with E-state index in [0.717, 1.165) is 78.7 Å². The predicted octanol–water partition coefficient (Wildman–Crippen LogP) is 12.8. The highest BCUT2D eigenvalue weighted by Gasteiger charge is 2.52. The minimum atomic E-state index is -0.690. The first-order valence-electron chi connectivity index (χ1n) is 19.7. The van der Waals surface area contributed by atoms with Crippen molar-refractivity contribution in [1.29, 1.82) is 0 Å². The zero-order chi connectivity index (χ0) is 38.0. The molecule has 58 heavy (non-hydrogen) atoms. The molecule has 1 aliphatic carbocycles. The van der Waals surface area contributed by atoms with Gasteiger partial charge in [0, 0.05) is 56.3 Å². The zero-order valence-corrected chi connectivity index (χ0v) is 31.2. The van der Waals surface area contributed by atoms with Crippen LogP contribution in [0.25, 0.3) is 77.5 Å². The van der Waals surface area contributed by atoms with Gasteiger partial charge < -0.3 is 13.9 Å². The van der Waals surface area contributed by atoms with E-state index in [9.17, 15) is 0 Å². The molecule has 0 N–H and O–H groups in total. The van der Waals surface area contributed by atoms with Crippen molar-refractivity contribution in [3.8, 4) is 45.4 Å². The van der Waals surface area contributed by atoms with E-state index in [4.69, 9.17) is 14.7 Å². The van der Waals surface area contributed by atoms with E-state index >= 15 is 0 Å². The van der Waals surface area contributed by atoms with E-state index in [2.05, 4.69) is 173 Å². The third kappa shape index (κ3) is 4.04. The van der Waals surface area contributed by atoms with Crippen molar-refractivity contribution in [1.82, 2.24) is 19.1 Å². The second-order valence-electron chi connectivity index (χ2n) is 15.3. The Labute approximate surface area is 333 Å². The Morgan fingerprint density at radius 3 is 1.50 bits per heavy atom. The summed E-state index contributed by atoms with van der Waals surface area (Å²) in [4.78, 5) is 9.93. The number of hydrogen-bond acceptors (Lipinski definition) is 3. The second-order valence-corrected chi connectivity index (χ2v) is 15.3. The number of benzene rings is 7. The van der Waals surface area contributed by atoms with Gasteiger partial charge in [0.1, 0.15) is 11.5 Å². The largest absolute Gasteiger partial charge is 0.457 e. The smallest absolute Gasteiger partial charge is 0.132 e. The number of rotatable bonds is 3. The summed E-state index contributed by atoms with van der Waals surface area (Å²) in [5.41, 5.74) is 14.6. The first kappa shape index (κ1) is 31.4. The number of fused-ring (bicyclic) bond motifs is 15. The van der Waals surface area contributed by atoms with Crippen molar-refractivity contribution in [2.45, 2.75) is 5.41 Å². The van der Waals surface area contributed by atoms with Crippen LogP contribution in [0.1, 0.15) is 22.3 Å². The molecule has 0 bridgehead atoms. The Morgan fingerprint density at radius 2 is 0.897 bits per heavy atom. The monoisotopic (exact) mass is 740 g/mol. The van der Waals surface area contributed by atoms with Gasteiger partial charge in [-0.05, 0) is 89.5 Å². The molecule has 0 fully saturated rings. The van der Waals surface area contributed by atoms with E-state index in [1.807, 2.05) is 30.6 Å². The molecule has 4 aromatic heterocycles. The topological polar surface area (TPSA) is 44.9 Å². The number of nitrogens with zero attached hydrogens (tertiary/aromatic N) is 4. The normalized spacial score (nSPS) is 13.4. The molecule has 0 unspecified atom stereocenters. The van der Waals surface area contributed by atoms with E-state index in [-0.39, 0.29) is 0 Å². The first-order chi connectivity index (χ1) is 28.8. The minimum absolute atomic E-state index is 0.690. The molecule has 1 spiro atoms. The van der Waals surface area contributed by atoms with Gasteiger partial charge in [-0.1, -0.05) is 109 Å². The van der Waals surface area contributed by atoms with Crippen LogP contribution < -0.4 is 4.74 Å². The molecular formula is C53H32N4O. The number of ether oxygens (including phenoxy) is 1. The molecule has 270 valence electrons. The van der Waals surface area contributed by atoms with Gasteiger partial charge >= 0.3 is 0 Å². The molecule has 7 aromatic carbocycles. The number of aromatic nitrogens is 4. The Balaban J connectivity index is 1.14. The van der Waals surface area contributed by atoms with Gasteiger partial charge in [0.2, 0.25) is 0 Å². The van der Waals surface area contributed by atoms with Crippen molar-refractivity contribution in [3.05, 3.63) is 217 Å². The van der Waals surface area contributed by atoms with Crippen LogP contribution in [0.2, 0.25) is 0 Å². The fraction of sp³-hybridized carbons (Fsp3) is 0.0189. The number of pyridine rings is 2. The number of para-hydroxylation sites is 5. The van der Waals surface area contributed by atoms with Crippen LogP contribution in [0.3, 0.4) is 0 Å². The fourth-order valence-corrected chi connectivity index (χ4v) is 10.2. The Hall–Kier alpha value is -7.76. The second kappa shape index (κ2) is 11.6. The molecular weight excluding hydrogens is 709 g/mol. The fourth-order valence-electron chi connectivity index (χ4n) is 10.2. The van der Waals surface area contributed by atoms with Gasteiger partial charge in [-0.2, -0.15) is 0 Å². The summed E-state index contributed by atoms with van der Waals surface area (Å²) in [6.07, 6.45) is 3.74.